The molecule has 2 unspecified atom stereocenters. The van der Waals surface area contributed by atoms with Gasteiger partial charge in [-0.05, 0) is 5.57 Å². The number of fused-ring (bicyclic) bond motifs is 1. The number of carboxylic acid groups (broad SMARTS) is 1. The van der Waals surface area contributed by atoms with Gasteiger partial charge >= 0.3 is 5.97 Å². The summed E-state index contributed by atoms with van der Waals surface area (Å²) in [4.78, 5) is 52.0. The Morgan fingerprint density at radius 2 is 2.11 bits per heavy atom. The van der Waals surface area contributed by atoms with Crippen molar-refractivity contribution in [1.82, 2.24) is 20.2 Å². The number of anilines is 1. The Balaban J connectivity index is 1.49. The van der Waals surface area contributed by atoms with E-state index in [4.69, 9.17) is 33.6 Å². The zero-order valence-corrected chi connectivity index (χ0v) is 21.6. The molecule has 0 saturated carbocycles. The number of β-lactam (4-membered cyclic amide) rings is 1. The van der Waals surface area contributed by atoms with Crippen molar-refractivity contribution < 1.29 is 24.3 Å². The van der Waals surface area contributed by atoms with Crippen LogP contribution in [0.3, 0.4) is 0 Å². The number of amides is 2. The number of aliphatic carboxylic acids is 1. The summed E-state index contributed by atoms with van der Waals surface area (Å²) in [5.41, 5.74) is 23.5. The first-order valence-electron chi connectivity index (χ1n) is 10.3. The predicted molar refractivity (Wildman–Crippen MR) is 139 cm³/mol. The van der Waals surface area contributed by atoms with Crippen molar-refractivity contribution in [3.05, 3.63) is 33.9 Å². The Labute approximate surface area is 221 Å². The largest absolute Gasteiger partial charge is 0.477 e. The molecular formula is C18H23N11O5S3. The van der Waals surface area contributed by atoms with Crippen LogP contribution in [0, 0.1) is 0 Å². The SMILES string of the molecule is CO/N=C(\C(=O)NC1C(=O)N2C(C(=O)O)=C(CSC3=NC(N)=C(N)C(N)N3N)CS[C@@H]12)c1csc(N)n1. The Hall–Kier alpha value is -3.52. The Kier molecular flexibility index (Phi) is 7.50. The minimum absolute atomic E-state index is 0.0236. The summed E-state index contributed by atoms with van der Waals surface area (Å²) in [6, 6.07) is -0.979. The average Bonchev–Trinajstić information content (AvgIpc) is 3.30. The Morgan fingerprint density at radius 1 is 1.38 bits per heavy atom. The van der Waals surface area contributed by atoms with Gasteiger partial charge in [0.1, 0.15) is 41.9 Å². The lowest BCUT2D eigenvalue weighted by Crippen LogP contribution is -2.71. The van der Waals surface area contributed by atoms with E-state index in [-0.39, 0.29) is 50.4 Å². The Bertz CT molecular complexity index is 1280. The van der Waals surface area contributed by atoms with Gasteiger partial charge in [0, 0.05) is 16.9 Å². The number of amidine groups is 1. The molecule has 1 aromatic rings. The number of nitrogens with one attached hydrogen (secondary N) is 1. The molecule has 3 aliphatic heterocycles. The van der Waals surface area contributed by atoms with Gasteiger partial charge in [0.05, 0.1) is 5.70 Å². The van der Waals surface area contributed by atoms with Crippen molar-refractivity contribution in [1.29, 1.82) is 0 Å². The van der Waals surface area contributed by atoms with E-state index >= 15 is 0 Å². The summed E-state index contributed by atoms with van der Waals surface area (Å²) >= 11 is 3.51. The van der Waals surface area contributed by atoms with Crippen LogP contribution in [0.1, 0.15) is 5.69 Å². The van der Waals surface area contributed by atoms with Crippen LogP contribution < -0.4 is 34.1 Å². The molecule has 19 heteroatoms. The first kappa shape index (κ1) is 26.5. The van der Waals surface area contributed by atoms with Crippen LogP contribution in [0.4, 0.5) is 5.13 Å². The second-order valence-corrected chi connectivity index (χ2v) is 10.6. The van der Waals surface area contributed by atoms with Crippen LogP contribution in [-0.4, -0.2) is 84.9 Å². The van der Waals surface area contributed by atoms with Crippen LogP contribution in [0.2, 0.25) is 0 Å². The molecule has 0 radical (unpaired) electrons. The van der Waals surface area contributed by atoms with Crippen molar-refractivity contribution in [3.63, 3.8) is 0 Å². The number of carbonyl (C=O) groups is 3. The summed E-state index contributed by atoms with van der Waals surface area (Å²) in [5.74, 6) is 3.79. The molecule has 16 nitrogen and oxygen atoms in total. The number of rotatable bonds is 7. The number of carboxylic acids is 1. The number of nitrogens with two attached hydrogens (primary N) is 5. The number of hydrazine groups is 1. The van der Waals surface area contributed by atoms with Crippen LogP contribution in [0.15, 0.2) is 38.3 Å². The predicted octanol–water partition coefficient (Wildman–Crippen LogP) is -2.54. The fourth-order valence-corrected chi connectivity index (χ4v) is 6.59. The number of thioether (sulfide) groups is 2. The number of aliphatic imine (C=N–C) groups is 1. The minimum atomic E-state index is -1.28. The lowest BCUT2D eigenvalue weighted by Gasteiger charge is -2.49. The number of oxime groups is 1. The standard InChI is InChI=1S/C18H23N11O5S3/c1-34-27-8(6-4-36-17(22)24-6)13(30)25-9-14(31)28-10(16(32)33)5(2-35-15(9)28)3-37-18-26-11(20)7(19)12(21)29(18)23/h4,9,12,15H,2-3,19-21,23H2,1H3,(H2,22,24)(H,25,30)(H,32,33)/b27-8-/t9?,12?,15-/m0/s1. The zero-order chi connectivity index (χ0) is 27.0. The van der Waals surface area contributed by atoms with Crippen LogP contribution in [0.25, 0.3) is 0 Å². The third-order valence-electron chi connectivity index (χ3n) is 5.43. The number of hydrogen-bond acceptors (Lipinski definition) is 16. The molecular weight excluding hydrogens is 546 g/mol. The highest BCUT2D eigenvalue weighted by Gasteiger charge is 2.54. The third kappa shape index (κ3) is 4.90. The second kappa shape index (κ2) is 10.5. The van der Waals surface area contributed by atoms with E-state index in [2.05, 4.69) is 20.4 Å². The molecule has 0 spiro atoms. The summed E-state index contributed by atoms with van der Waals surface area (Å²) in [6.45, 7) is 0. The smallest absolute Gasteiger partial charge is 0.352 e. The summed E-state index contributed by atoms with van der Waals surface area (Å²) in [6.07, 6.45) is -0.883. The molecule has 4 rings (SSSR count). The monoisotopic (exact) mass is 569 g/mol. The number of nitrogen functional groups attached to an aromatic ring is 1. The van der Waals surface area contributed by atoms with Crippen LogP contribution >= 0.6 is 34.9 Å². The number of hydrogen-bond donors (Lipinski definition) is 7. The molecule has 12 N–H and O–H groups in total. The molecule has 0 aliphatic carbocycles. The third-order valence-corrected chi connectivity index (χ3v) is 8.49. The van der Waals surface area contributed by atoms with Gasteiger partial charge in [0.15, 0.2) is 16.0 Å². The fourth-order valence-electron chi connectivity index (χ4n) is 3.60. The van der Waals surface area contributed by atoms with E-state index in [1.807, 2.05) is 0 Å². The van der Waals surface area contributed by atoms with Crippen molar-refractivity contribution in [3.8, 4) is 0 Å². The summed E-state index contributed by atoms with van der Waals surface area (Å²) in [7, 11) is 1.26. The van der Waals surface area contributed by atoms with Gasteiger partial charge in [-0.25, -0.2) is 20.6 Å². The molecule has 0 bridgehead atoms. The fraction of sp³-hybridized carbons (Fsp3) is 0.333. The van der Waals surface area contributed by atoms with E-state index in [0.717, 1.165) is 33.0 Å². The normalized spacial score (nSPS) is 24.0. The number of nitrogens with zero attached hydrogens (tertiary/aromatic N) is 5. The number of thiazole rings is 1. The van der Waals surface area contributed by atoms with E-state index in [9.17, 15) is 19.5 Å². The molecule has 2 amide bonds. The number of aromatic nitrogens is 1. The van der Waals surface area contributed by atoms with Gasteiger partial charge in [0.25, 0.3) is 11.8 Å². The second-order valence-electron chi connectivity index (χ2n) is 7.69. The quantitative estimate of drug-likeness (QED) is 0.0772. The summed E-state index contributed by atoms with van der Waals surface area (Å²) < 4.78 is 0. The van der Waals surface area contributed by atoms with Crippen molar-refractivity contribution >= 4 is 68.7 Å². The van der Waals surface area contributed by atoms with Crippen molar-refractivity contribution in [2.75, 3.05) is 24.3 Å². The topological polar surface area (TPSA) is 267 Å². The maximum atomic E-state index is 13.0. The van der Waals surface area contributed by atoms with Gasteiger partial charge in [-0.2, -0.15) is 0 Å². The van der Waals surface area contributed by atoms with Gasteiger partial charge in [-0.1, -0.05) is 16.9 Å². The van der Waals surface area contributed by atoms with E-state index in [1.165, 1.54) is 24.3 Å². The van der Waals surface area contributed by atoms with E-state index < -0.39 is 35.4 Å². The first-order valence-corrected chi connectivity index (χ1v) is 13.3. The molecule has 3 atom stereocenters. The first-order chi connectivity index (χ1) is 17.5. The lowest BCUT2D eigenvalue weighted by atomic mass is 10.0. The van der Waals surface area contributed by atoms with Gasteiger partial charge in [-0.3, -0.25) is 19.5 Å². The van der Waals surface area contributed by atoms with Gasteiger partial charge in [0.2, 0.25) is 0 Å². The van der Waals surface area contributed by atoms with Crippen molar-refractivity contribution in [2.24, 2.45) is 33.2 Å². The molecule has 37 heavy (non-hydrogen) atoms. The number of carbonyl (C=O) groups excluding carboxylic acids is 2. The summed E-state index contributed by atoms with van der Waals surface area (Å²) in [5, 5.41) is 18.7. The zero-order valence-electron chi connectivity index (χ0n) is 19.2. The highest BCUT2D eigenvalue weighted by atomic mass is 32.2. The molecule has 198 valence electrons. The Morgan fingerprint density at radius 3 is 2.73 bits per heavy atom. The van der Waals surface area contributed by atoms with E-state index in [1.54, 1.807) is 0 Å². The lowest BCUT2D eigenvalue weighted by molar-refractivity contribution is -0.150. The van der Waals surface area contributed by atoms with Crippen molar-refractivity contribution in [2.45, 2.75) is 17.6 Å². The highest BCUT2D eigenvalue weighted by Crippen LogP contribution is 2.41. The molecule has 4 heterocycles. The molecule has 1 fully saturated rings. The maximum absolute atomic E-state index is 13.0. The average molecular weight is 570 g/mol. The van der Waals surface area contributed by atoms with Gasteiger partial charge in [-0.15, -0.1) is 23.1 Å². The molecule has 3 aliphatic rings. The van der Waals surface area contributed by atoms with E-state index in [0.29, 0.717) is 5.57 Å². The minimum Gasteiger partial charge on any atom is -0.477 e. The molecule has 1 saturated heterocycles. The molecule has 1 aromatic heterocycles. The van der Waals surface area contributed by atoms with Gasteiger partial charge < -0.3 is 38.2 Å². The van der Waals surface area contributed by atoms with Crippen LogP contribution in [0.5, 0.6) is 0 Å². The highest BCUT2D eigenvalue weighted by molar-refractivity contribution is 8.14. The molecule has 0 aromatic carbocycles. The van der Waals surface area contributed by atoms with Crippen LogP contribution in [-0.2, 0) is 19.2 Å². The maximum Gasteiger partial charge on any atom is 0.352 e.